The molecule has 0 saturated heterocycles. The Morgan fingerprint density at radius 2 is 1.82 bits per heavy atom. The highest BCUT2D eigenvalue weighted by molar-refractivity contribution is 5.68. The van der Waals surface area contributed by atoms with Gasteiger partial charge in [-0.25, -0.2) is 14.3 Å². The summed E-state index contributed by atoms with van der Waals surface area (Å²) in [6.45, 7) is 1.74. The summed E-state index contributed by atoms with van der Waals surface area (Å²) in [4.78, 5) is 11.7. The average Bonchev–Trinajstić information content (AvgIpc) is 2.81. The smallest absolute Gasteiger partial charge is 0.406 e. The maximum absolute atomic E-state index is 12.1. The van der Waals surface area contributed by atoms with E-state index in [-0.39, 0.29) is 11.4 Å². The maximum atomic E-state index is 12.1. The predicted molar refractivity (Wildman–Crippen MR) is 72.7 cm³/mol. The van der Waals surface area contributed by atoms with Crippen LogP contribution in [0.25, 0.3) is 16.8 Å². The number of ether oxygens (including phenoxy) is 1. The minimum absolute atomic E-state index is 0.296. The number of rotatable bonds is 2. The van der Waals surface area contributed by atoms with Crippen molar-refractivity contribution in [3.63, 3.8) is 0 Å². The Morgan fingerprint density at radius 1 is 1.14 bits per heavy atom. The van der Waals surface area contributed by atoms with Crippen molar-refractivity contribution in [1.29, 1.82) is 0 Å². The number of alkyl halides is 3. The van der Waals surface area contributed by atoms with Crippen LogP contribution in [-0.2, 0) is 0 Å². The Morgan fingerprint density at radius 3 is 2.45 bits per heavy atom. The van der Waals surface area contributed by atoms with Crippen molar-refractivity contribution in [2.24, 2.45) is 0 Å². The second kappa shape index (κ2) is 4.90. The van der Waals surface area contributed by atoms with Gasteiger partial charge in [-0.3, -0.25) is 0 Å². The van der Waals surface area contributed by atoms with Gasteiger partial charge in [0.25, 0.3) is 0 Å². The molecule has 0 amide bonds. The summed E-state index contributed by atoms with van der Waals surface area (Å²) in [6, 6.07) is 8.86. The summed E-state index contributed by atoms with van der Waals surface area (Å²) >= 11 is 0. The van der Waals surface area contributed by atoms with Gasteiger partial charge in [-0.05, 0) is 36.8 Å². The first-order valence-corrected chi connectivity index (χ1v) is 6.28. The van der Waals surface area contributed by atoms with Gasteiger partial charge in [-0.1, -0.05) is 12.1 Å². The average molecular weight is 309 g/mol. The standard InChI is InChI=1S/C14H10F3N3O2/c1-8-11(6-7-12-18-19-13(21)20(8)12)9-2-4-10(5-3-9)22-14(15,16)17/h2-7H,1H3,(H,19,21). The number of aromatic amines is 1. The highest BCUT2D eigenvalue weighted by atomic mass is 19.4. The second-order valence-corrected chi connectivity index (χ2v) is 4.63. The SMILES string of the molecule is Cc1c(-c2ccc(OC(F)(F)F)cc2)ccc2n[nH]c(=O)n12. The minimum atomic E-state index is -4.72. The Hall–Kier alpha value is -2.77. The number of aromatic nitrogens is 3. The van der Waals surface area contributed by atoms with Crippen LogP contribution in [0.5, 0.6) is 5.75 Å². The van der Waals surface area contributed by atoms with E-state index in [1.165, 1.54) is 28.7 Å². The van der Waals surface area contributed by atoms with Gasteiger partial charge in [0.1, 0.15) is 5.75 Å². The third kappa shape index (κ3) is 2.54. The molecule has 0 fully saturated rings. The molecule has 0 aliphatic rings. The van der Waals surface area contributed by atoms with Crippen molar-refractivity contribution < 1.29 is 17.9 Å². The monoisotopic (exact) mass is 309 g/mol. The summed E-state index contributed by atoms with van der Waals surface area (Å²) in [5.41, 5.74) is 2.13. The number of H-pyrrole nitrogens is 1. The van der Waals surface area contributed by atoms with E-state index in [1.54, 1.807) is 19.1 Å². The van der Waals surface area contributed by atoms with Crippen molar-refractivity contribution in [2.45, 2.75) is 13.3 Å². The first-order valence-electron chi connectivity index (χ1n) is 6.28. The zero-order valence-corrected chi connectivity index (χ0v) is 11.3. The summed E-state index contributed by atoms with van der Waals surface area (Å²) in [5, 5.41) is 6.19. The molecule has 0 aliphatic carbocycles. The highest BCUT2D eigenvalue weighted by Crippen LogP contribution is 2.28. The molecule has 3 aromatic rings. The fourth-order valence-electron chi connectivity index (χ4n) is 2.29. The quantitative estimate of drug-likeness (QED) is 0.792. The van der Waals surface area contributed by atoms with E-state index in [0.717, 1.165) is 5.56 Å². The molecule has 2 heterocycles. The van der Waals surface area contributed by atoms with Crippen LogP contribution in [-0.4, -0.2) is 21.0 Å². The normalized spacial score (nSPS) is 11.8. The van der Waals surface area contributed by atoms with Crippen molar-refractivity contribution in [3.8, 4) is 16.9 Å². The number of aryl methyl sites for hydroxylation is 1. The van der Waals surface area contributed by atoms with Crippen LogP contribution < -0.4 is 10.4 Å². The third-order valence-corrected chi connectivity index (χ3v) is 3.22. The summed E-state index contributed by atoms with van der Waals surface area (Å²) in [5.74, 6) is -0.296. The largest absolute Gasteiger partial charge is 0.573 e. The summed E-state index contributed by atoms with van der Waals surface area (Å²) in [7, 11) is 0. The van der Waals surface area contributed by atoms with Crippen LogP contribution in [0.4, 0.5) is 13.2 Å². The molecular formula is C14H10F3N3O2. The number of nitrogens with one attached hydrogen (secondary N) is 1. The number of hydrogen-bond acceptors (Lipinski definition) is 3. The van der Waals surface area contributed by atoms with E-state index in [4.69, 9.17) is 0 Å². The number of halogens is 3. The number of hydrogen-bond donors (Lipinski definition) is 1. The Bertz CT molecular complexity index is 879. The van der Waals surface area contributed by atoms with Gasteiger partial charge in [0.15, 0.2) is 5.65 Å². The van der Waals surface area contributed by atoms with Crippen LogP contribution in [0, 0.1) is 6.92 Å². The zero-order chi connectivity index (χ0) is 15.9. The first-order chi connectivity index (χ1) is 10.3. The molecule has 8 heteroatoms. The molecule has 0 bridgehead atoms. The van der Waals surface area contributed by atoms with Gasteiger partial charge >= 0.3 is 12.1 Å². The van der Waals surface area contributed by atoms with Crippen LogP contribution >= 0.6 is 0 Å². The fourth-order valence-corrected chi connectivity index (χ4v) is 2.29. The van der Waals surface area contributed by atoms with E-state index in [0.29, 0.717) is 16.9 Å². The molecule has 5 nitrogen and oxygen atoms in total. The number of benzene rings is 1. The predicted octanol–water partition coefficient (Wildman–Crippen LogP) is 2.90. The zero-order valence-electron chi connectivity index (χ0n) is 11.3. The molecular weight excluding hydrogens is 299 g/mol. The maximum Gasteiger partial charge on any atom is 0.573 e. The molecule has 1 N–H and O–H groups in total. The van der Waals surface area contributed by atoms with Crippen LogP contribution in [0.3, 0.4) is 0 Å². The summed E-state index contributed by atoms with van der Waals surface area (Å²) < 4.78 is 41.7. The molecule has 0 atom stereocenters. The minimum Gasteiger partial charge on any atom is -0.406 e. The molecule has 22 heavy (non-hydrogen) atoms. The second-order valence-electron chi connectivity index (χ2n) is 4.63. The molecule has 0 saturated carbocycles. The van der Waals surface area contributed by atoms with Gasteiger partial charge in [0, 0.05) is 11.3 Å². The molecule has 0 spiro atoms. The van der Waals surface area contributed by atoms with E-state index in [1.807, 2.05) is 0 Å². The number of nitrogens with zero attached hydrogens (tertiary/aromatic N) is 2. The Kier molecular flexibility index (Phi) is 3.16. The molecule has 114 valence electrons. The van der Waals surface area contributed by atoms with Gasteiger partial charge < -0.3 is 4.74 Å². The lowest BCUT2D eigenvalue weighted by atomic mass is 10.0. The topological polar surface area (TPSA) is 59.4 Å². The van der Waals surface area contributed by atoms with Crippen LogP contribution in [0.1, 0.15) is 5.69 Å². The lowest BCUT2D eigenvalue weighted by Crippen LogP contribution is -2.17. The van der Waals surface area contributed by atoms with Gasteiger partial charge in [0.05, 0.1) is 0 Å². The van der Waals surface area contributed by atoms with Crippen molar-refractivity contribution in [2.75, 3.05) is 0 Å². The fraction of sp³-hybridized carbons (Fsp3) is 0.143. The van der Waals surface area contributed by atoms with E-state index in [2.05, 4.69) is 14.9 Å². The van der Waals surface area contributed by atoms with Crippen LogP contribution in [0.2, 0.25) is 0 Å². The van der Waals surface area contributed by atoms with Gasteiger partial charge in [-0.15, -0.1) is 13.2 Å². The molecule has 0 radical (unpaired) electrons. The van der Waals surface area contributed by atoms with Crippen molar-refractivity contribution in [1.82, 2.24) is 14.6 Å². The summed E-state index contributed by atoms with van der Waals surface area (Å²) in [6.07, 6.45) is -4.72. The highest BCUT2D eigenvalue weighted by Gasteiger charge is 2.30. The van der Waals surface area contributed by atoms with E-state index >= 15 is 0 Å². The molecule has 0 unspecified atom stereocenters. The van der Waals surface area contributed by atoms with Crippen LogP contribution in [0.15, 0.2) is 41.2 Å². The lowest BCUT2D eigenvalue weighted by Gasteiger charge is -2.11. The molecule has 1 aromatic carbocycles. The van der Waals surface area contributed by atoms with E-state index < -0.39 is 6.36 Å². The van der Waals surface area contributed by atoms with Gasteiger partial charge in [-0.2, -0.15) is 5.10 Å². The van der Waals surface area contributed by atoms with E-state index in [9.17, 15) is 18.0 Å². The van der Waals surface area contributed by atoms with Crippen molar-refractivity contribution >= 4 is 5.65 Å². The first kappa shape index (κ1) is 14.2. The van der Waals surface area contributed by atoms with Gasteiger partial charge in [0.2, 0.25) is 0 Å². The Balaban J connectivity index is 2.03. The molecule has 3 rings (SSSR count). The molecule has 2 aromatic heterocycles. The molecule has 0 aliphatic heterocycles. The third-order valence-electron chi connectivity index (χ3n) is 3.22. The Labute approximate surface area is 122 Å². The number of pyridine rings is 1. The number of fused-ring (bicyclic) bond motifs is 1. The lowest BCUT2D eigenvalue weighted by molar-refractivity contribution is -0.274. The van der Waals surface area contributed by atoms with Crippen molar-refractivity contribution in [3.05, 3.63) is 52.6 Å².